The summed E-state index contributed by atoms with van der Waals surface area (Å²) < 4.78 is 5.26. The maximum Gasteiger partial charge on any atom is 0.0686 e. The predicted octanol–water partition coefficient (Wildman–Crippen LogP) is 1.81. The van der Waals surface area contributed by atoms with Gasteiger partial charge in [0.2, 0.25) is 0 Å². The maximum absolute atomic E-state index is 5.26. The van der Waals surface area contributed by atoms with Crippen LogP contribution in [0.25, 0.3) is 0 Å². The molecule has 0 bridgehead atoms. The van der Waals surface area contributed by atoms with Crippen LogP contribution in [-0.4, -0.2) is 30.1 Å². The Labute approximate surface area is 76.9 Å². The second-order valence-electron chi connectivity index (χ2n) is 4.08. The highest BCUT2D eigenvalue weighted by molar-refractivity contribution is 7.09. The van der Waals surface area contributed by atoms with Crippen molar-refractivity contribution >= 4 is 9.47 Å². The van der Waals surface area contributed by atoms with Crippen molar-refractivity contribution in [1.29, 1.82) is 0 Å². The van der Waals surface area contributed by atoms with Crippen LogP contribution in [0.3, 0.4) is 0 Å². The maximum atomic E-state index is 5.26. The molecular weight excluding hydrogens is 169 g/mol. The number of hydrogen-bond donors (Lipinski definition) is 0. The van der Waals surface area contributed by atoms with Crippen molar-refractivity contribution in [1.82, 2.24) is 4.90 Å². The minimum Gasteiger partial charge on any atom is -0.364 e. The van der Waals surface area contributed by atoms with E-state index in [4.69, 9.17) is 4.52 Å². The molecule has 2 rings (SSSR count). The highest BCUT2D eigenvalue weighted by Gasteiger charge is 2.41. The monoisotopic (exact) mass is 187 g/mol. The lowest BCUT2D eigenvalue weighted by Gasteiger charge is -2.41. The molecule has 0 spiro atoms. The van der Waals surface area contributed by atoms with Gasteiger partial charge in [0.05, 0.1) is 6.61 Å². The summed E-state index contributed by atoms with van der Waals surface area (Å²) >= 11 is 0. The Hall–Kier alpha value is 0.350. The first kappa shape index (κ1) is 8.93. The molecule has 2 nitrogen and oxygen atoms in total. The Kier molecular flexibility index (Phi) is 2.69. The van der Waals surface area contributed by atoms with Crippen LogP contribution in [0.15, 0.2) is 0 Å². The van der Waals surface area contributed by atoms with Crippen molar-refractivity contribution in [3.05, 3.63) is 0 Å². The Morgan fingerprint density at radius 3 is 2.75 bits per heavy atom. The minimum absolute atomic E-state index is 0.431. The van der Waals surface area contributed by atoms with Crippen LogP contribution in [-0.2, 0) is 4.52 Å². The van der Waals surface area contributed by atoms with Gasteiger partial charge in [0, 0.05) is 15.0 Å². The molecule has 2 atom stereocenters. The molecule has 2 heterocycles. The van der Waals surface area contributed by atoms with Gasteiger partial charge in [0.15, 0.2) is 0 Å². The molecule has 0 N–H and O–H groups in total. The van der Waals surface area contributed by atoms with E-state index in [9.17, 15) is 0 Å². The van der Waals surface area contributed by atoms with Crippen molar-refractivity contribution in [2.24, 2.45) is 0 Å². The van der Waals surface area contributed by atoms with Gasteiger partial charge in [-0.15, -0.1) is 0 Å². The lowest BCUT2D eigenvalue weighted by Crippen LogP contribution is -2.49. The first-order valence-corrected chi connectivity index (χ1v) is 5.41. The number of hydrogen-bond acceptors (Lipinski definition) is 2. The van der Waals surface area contributed by atoms with E-state index in [2.05, 4.69) is 14.4 Å². The summed E-state index contributed by atoms with van der Waals surface area (Å²) in [6, 6.07) is 0. The third kappa shape index (κ3) is 1.41. The van der Waals surface area contributed by atoms with Crippen LogP contribution in [0.2, 0.25) is 0 Å². The molecule has 2 aliphatic rings. The third-order valence-corrected chi connectivity index (χ3v) is 3.58. The summed E-state index contributed by atoms with van der Waals surface area (Å²) in [6.45, 7) is 3.51. The Morgan fingerprint density at radius 2 is 1.92 bits per heavy atom. The first-order chi connectivity index (χ1) is 5.87. The summed E-state index contributed by atoms with van der Waals surface area (Å²) in [5, 5.41) is 0. The molecule has 2 aliphatic heterocycles. The smallest absolute Gasteiger partial charge is 0.0686 e. The van der Waals surface area contributed by atoms with Crippen LogP contribution in [0.5, 0.6) is 0 Å². The van der Waals surface area contributed by atoms with Gasteiger partial charge < -0.3 is 4.52 Å². The molecule has 0 radical (unpaired) electrons. The van der Waals surface area contributed by atoms with Gasteiger partial charge in [-0.25, -0.2) is 0 Å². The number of nitrogens with zero attached hydrogens (tertiary/aromatic N) is 1. The lowest BCUT2D eigenvalue weighted by atomic mass is 9.87. The van der Waals surface area contributed by atoms with E-state index in [1.165, 1.54) is 45.2 Å². The van der Waals surface area contributed by atoms with Gasteiger partial charge in [-0.1, -0.05) is 6.42 Å². The van der Waals surface area contributed by atoms with Gasteiger partial charge in [0.25, 0.3) is 0 Å². The first-order valence-electron chi connectivity index (χ1n) is 4.94. The highest BCUT2D eigenvalue weighted by Crippen LogP contribution is 2.37. The van der Waals surface area contributed by atoms with Crippen molar-refractivity contribution in [3.8, 4) is 0 Å². The predicted molar refractivity (Wildman–Crippen MR) is 53.1 cm³/mol. The van der Waals surface area contributed by atoms with Crippen LogP contribution in [0.1, 0.15) is 32.1 Å². The molecule has 0 amide bonds. The van der Waals surface area contributed by atoms with Crippen molar-refractivity contribution < 1.29 is 4.52 Å². The average molecular weight is 187 g/mol. The quantitative estimate of drug-likeness (QED) is 0.611. The Morgan fingerprint density at radius 1 is 1.17 bits per heavy atom. The molecule has 0 aliphatic carbocycles. The topological polar surface area (TPSA) is 12.5 Å². The number of rotatable bonds is 2. The number of piperidine rings is 1. The molecule has 0 aromatic carbocycles. The zero-order valence-corrected chi connectivity index (χ0v) is 8.74. The highest BCUT2D eigenvalue weighted by atomic mass is 31.0. The van der Waals surface area contributed by atoms with Gasteiger partial charge >= 0.3 is 0 Å². The van der Waals surface area contributed by atoms with E-state index < -0.39 is 0 Å². The zero-order chi connectivity index (χ0) is 8.44. The molecule has 12 heavy (non-hydrogen) atoms. The van der Waals surface area contributed by atoms with E-state index >= 15 is 0 Å². The fourth-order valence-electron chi connectivity index (χ4n) is 2.77. The minimum atomic E-state index is 0.431. The Bertz CT molecular complexity index is 161. The molecule has 0 aromatic heterocycles. The van der Waals surface area contributed by atoms with Crippen LogP contribution in [0.4, 0.5) is 0 Å². The molecule has 2 fully saturated rings. The van der Waals surface area contributed by atoms with Crippen molar-refractivity contribution in [2.45, 2.75) is 37.6 Å². The zero-order valence-electron chi connectivity index (χ0n) is 7.59. The molecular formula is C9H18NOP. The molecule has 2 unspecified atom stereocenters. The summed E-state index contributed by atoms with van der Waals surface area (Å²) in [5.41, 5.74) is 0.431. The van der Waals surface area contributed by atoms with Gasteiger partial charge in [-0.05, 0) is 38.8 Å². The second-order valence-corrected chi connectivity index (χ2v) is 4.42. The van der Waals surface area contributed by atoms with E-state index in [1.54, 1.807) is 0 Å². The van der Waals surface area contributed by atoms with Gasteiger partial charge in [0.1, 0.15) is 0 Å². The van der Waals surface area contributed by atoms with E-state index in [1.807, 2.05) is 0 Å². The standard InChI is InChI=1S/C9H18NOP/c12-11-8-9-4-1-2-6-10(9)7-3-5-9/h1-8,12H2. The van der Waals surface area contributed by atoms with Crippen LogP contribution in [0, 0.1) is 0 Å². The van der Waals surface area contributed by atoms with Crippen LogP contribution < -0.4 is 0 Å². The molecule has 0 saturated carbocycles. The second kappa shape index (κ2) is 3.61. The normalized spacial score (nSPS) is 36.8. The summed E-state index contributed by atoms with van der Waals surface area (Å²) in [4.78, 5) is 2.64. The molecule has 3 heteroatoms. The van der Waals surface area contributed by atoms with E-state index in [-0.39, 0.29) is 0 Å². The molecule has 70 valence electrons. The van der Waals surface area contributed by atoms with E-state index in [0.717, 1.165) is 6.61 Å². The van der Waals surface area contributed by atoms with Gasteiger partial charge in [-0.2, -0.15) is 0 Å². The van der Waals surface area contributed by atoms with Crippen LogP contribution >= 0.6 is 9.47 Å². The average Bonchev–Trinajstić information content (AvgIpc) is 2.48. The summed E-state index contributed by atoms with van der Waals surface area (Å²) in [5.74, 6) is 0. The largest absolute Gasteiger partial charge is 0.364 e. The lowest BCUT2D eigenvalue weighted by molar-refractivity contribution is 0.0488. The van der Waals surface area contributed by atoms with E-state index in [0.29, 0.717) is 5.54 Å². The number of fused-ring (bicyclic) bond motifs is 1. The summed E-state index contributed by atoms with van der Waals surface area (Å²) in [7, 11) is 2.39. The van der Waals surface area contributed by atoms with Crippen molar-refractivity contribution in [3.63, 3.8) is 0 Å². The molecule has 0 aromatic rings. The fourth-order valence-corrected chi connectivity index (χ4v) is 3.08. The summed E-state index contributed by atoms with van der Waals surface area (Å²) in [6.07, 6.45) is 6.85. The molecule has 2 saturated heterocycles. The Balaban J connectivity index is 2.06. The van der Waals surface area contributed by atoms with Crippen molar-refractivity contribution in [2.75, 3.05) is 19.7 Å². The SMILES string of the molecule is POCC12CCCCN1CCC2. The fraction of sp³-hybridized carbons (Fsp3) is 1.00. The van der Waals surface area contributed by atoms with Gasteiger partial charge in [-0.3, -0.25) is 4.90 Å². The third-order valence-electron chi connectivity index (χ3n) is 3.41.